The number of nitrogens with one attached hydrogen (secondary N) is 1. The van der Waals surface area contributed by atoms with Crippen LogP contribution in [0, 0.1) is 5.92 Å². The molecule has 1 aliphatic rings. The number of likely N-dealkylation sites (tertiary alicyclic amines) is 1. The number of carbonyl (C=O) groups excluding carboxylic acids is 1. The van der Waals surface area contributed by atoms with Crippen molar-refractivity contribution in [1.29, 1.82) is 0 Å². The highest BCUT2D eigenvalue weighted by Crippen LogP contribution is 2.25. The van der Waals surface area contributed by atoms with E-state index in [9.17, 15) is 4.79 Å². The number of pyridine rings is 1. The van der Waals surface area contributed by atoms with Gasteiger partial charge in [0.1, 0.15) is 5.82 Å². The first-order chi connectivity index (χ1) is 12.1. The van der Waals surface area contributed by atoms with Gasteiger partial charge >= 0.3 is 0 Å². The Morgan fingerprint density at radius 2 is 1.96 bits per heavy atom. The largest absolute Gasteiger partial charge is 0.367 e. The Bertz CT molecular complexity index is 737. The molecule has 1 aliphatic heterocycles. The SMILES string of the molecule is CCC(CC)C(=O)N1CCC(Nc2ccc3cccc(Br)c3n2)CC1. The van der Waals surface area contributed by atoms with E-state index < -0.39 is 0 Å². The second kappa shape index (κ2) is 8.17. The summed E-state index contributed by atoms with van der Waals surface area (Å²) in [6.45, 7) is 5.88. The summed E-state index contributed by atoms with van der Waals surface area (Å²) in [4.78, 5) is 19.3. The van der Waals surface area contributed by atoms with Gasteiger partial charge in [-0.3, -0.25) is 4.79 Å². The lowest BCUT2D eigenvalue weighted by atomic mass is 9.98. The van der Waals surface area contributed by atoms with Crippen LogP contribution >= 0.6 is 15.9 Å². The van der Waals surface area contributed by atoms with Gasteiger partial charge in [0.25, 0.3) is 0 Å². The Kier molecular flexibility index (Phi) is 5.94. The summed E-state index contributed by atoms with van der Waals surface area (Å²) in [5.41, 5.74) is 0.980. The van der Waals surface area contributed by atoms with Gasteiger partial charge < -0.3 is 10.2 Å². The van der Waals surface area contributed by atoms with E-state index in [-0.39, 0.29) is 5.92 Å². The third kappa shape index (κ3) is 4.14. The van der Waals surface area contributed by atoms with Crippen molar-refractivity contribution >= 4 is 38.6 Å². The van der Waals surface area contributed by atoms with E-state index in [1.54, 1.807) is 0 Å². The number of rotatable bonds is 5. The molecule has 2 aromatic rings. The third-order valence-corrected chi connectivity index (χ3v) is 5.80. The fraction of sp³-hybridized carbons (Fsp3) is 0.500. The quantitative estimate of drug-likeness (QED) is 0.776. The first-order valence-electron chi connectivity index (χ1n) is 9.23. The summed E-state index contributed by atoms with van der Waals surface area (Å²) in [7, 11) is 0. The van der Waals surface area contributed by atoms with E-state index in [1.165, 1.54) is 0 Å². The number of nitrogens with zero attached hydrogens (tertiary/aromatic N) is 2. The molecule has 0 bridgehead atoms. The summed E-state index contributed by atoms with van der Waals surface area (Å²) < 4.78 is 1.01. The molecule has 0 aliphatic carbocycles. The minimum Gasteiger partial charge on any atom is -0.367 e. The number of hydrogen-bond acceptors (Lipinski definition) is 3. The van der Waals surface area contributed by atoms with Crippen LogP contribution in [-0.4, -0.2) is 34.9 Å². The van der Waals surface area contributed by atoms with Gasteiger partial charge in [0.15, 0.2) is 0 Å². The van der Waals surface area contributed by atoms with Crippen LogP contribution in [0.5, 0.6) is 0 Å². The Labute approximate surface area is 158 Å². The summed E-state index contributed by atoms with van der Waals surface area (Å²) in [6.07, 6.45) is 3.82. The monoisotopic (exact) mass is 403 g/mol. The van der Waals surface area contributed by atoms with Crippen molar-refractivity contribution in [2.45, 2.75) is 45.6 Å². The molecule has 4 nitrogen and oxygen atoms in total. The third-order valence-electron chi connectivity index (χ3n) is 5.16. The topological polar surface area (TPSA) is 45.2 Å². The number of carbonyl (C=O) groups is 1. The minimum absolute atomic E-state index is 0.184. The van der Waals surface area contributed by atoms with Crippen molar-refractivity contribution in [2.75, 3.05) is 18.4 Å². The maximum absolute atomic E-state index is 12.5. The summed E-state index contributed by atoms with van der Waals surface area (Å²) in [6, 6.07) is 10.6. The lowest BCUT2D eigenvalue weighted by Gasteiger charge is -2.34. The zero-order chi connectivity index (χ0) is 17.8. The molecule has 0 spiro atoms. The van der Waals surface area contributed by atoms with E-state index in [1.807, 2.05) is 23.1 Å². The number of hydrogen-bond donors (Lipinski definition) is 1. The van der Waals surface area contributed by atoms with E-state index >= 15 is 0 Å². The molecule has 1 N–H and O–H groups in total. The van der Waals surface area contributed by atoms with Crippen LogP contribution in [-0.2, 0) is 4.79 Å². The molecule has 1 amide bonds. The number of piperidine rings is 1. The van der Waals surface area contributed by atoms with Crippen molar-refractivity contribution in [3.8, 4) is 0 Å². The van der Waals surface area contributed by atoms with Crippen LogP contribution in [0.4, 0.5) is 5.82 Å². The van der Waals surface area contributed by atoms with Crippen LogP contribution in [0.3, 0.4) is 0 Å². The normalized spacial score (nSPS) is 15.8. The Morgan fingerprint density at radius 3 is 2.64 bits per heavy atom. The van der Waals surface area contributed by atoms with Crippen LogP contribution in [0.2, 0.25) is 0 Å². The highest BCUT2D eigenvalue weighted by molar-refractivity contribution is 9.10. The molecule has 25 heavy (non-hydrogen) atoms. The van der Waals surface area contributed by atoms with Crippen molar-refractivity contribution in [3.05, 3.63) is 34.8 Å². The van der Waals surface area contributed by atoms with E-state index in [0.717, 1.165) is 60.0 Å². The molecule has 134 valence electrons. The smallest absolute Gasteiger partial charge is 0.225 e. The Morgan fingerprint density at radius 1 is 1.24 bits per heavy atom. The van der Waals surface area contributed by atoms with Gasteiger partial charge in [0, 0.05) is 34.9 Å². The molecule has 0 unspecified atom stereocenters. The maximum atomic E-state index is 12.5. The van der Waals surface area contributed by atoms with E-state index in [2.05, 4.69) is 47.2 Å². The standard InChI is InChI=1S/C20H26BrN3O/c1-3-14(4-2)20(25)24-12-10-16(11-13-24)22-18-9-8-15-6-5-7-17(21)19(15)23-18/h5-9,14,16H,3-4,10-13H2,1-2H3,(H,22,23). The molecule has 3 rings (SSSR count). The average molecular weight is 404 g/mol. The Balaban J connectivity index is 1.61. The zero-order valence-electron chi connectivity index (χ0n) is 15.0. The van der Waals surface area contributed by atoms with Crippen LogP contribution in [0.25, 0.3) is 10.9 Å². The number of benzene rings is 1. The fourth-order valence-electron chi connectivity index (χ4n) is 3.54. The number of anilines is 1. The molecule has 1 fully saturated rings. The number of amides is 1. The van der Waals surface area contributed by atoms with Crippen LogP contribution < -0.4 is 5.32 Å². The molecule has 2 heterocycles. The lowest BCUT2D eigenvalue weighted by molar-refractivity contribution is -0.136. The second-order valence-corrected chi connectivity index (χ2v) is 7.62. The van der Waals surface area contributed by atoms with E-state index in [4.69, 9.17) is 4.98 Å². The number of fused-ring (bicyclic) bond motifs is 1. The van der Waals surface area contributed by atoms with Crippen molar-refractivity contribution in [2.24, 2.45) is 5.92 Å². The number of halogens is 1. The molecular weight excluding hydrogens is 378 g/mol. The van der Waals surface area contributed by atoms with Gasteiger partial charge in [-0.05, 0) is 59.8 Å². The predicted octanol–water partition coefficient (Wildman–Crippen LogP) is 4.84. The molecule has 0 radical (unpaired) electrons. The van der Waals surface area contributed by atoms with Crippen molar-refractivity contribution in [3.63, 3.8) is 0 Å². The van der Waals surface area contributed by atoms with Gasteiger partial charge in [-0.2, -0.15) is 0 Å². The first kappa shape index (κ1) is 18.2. The molecular formula is C20H26BrN3O. The minimum atomic E-state index is 0.184. The molecule has 1 aromatic carbocycles. The highest BCUT2D eigenvalue weighted by atomic mass is 79.9. The van der Waals surface area contributed by atoms with Gasteiger partial charge in [-0.15, -0.1) is 0 Å². The van der Waals surface area contributed by atoms with Gasteiger partial charge in [0.05, 0.1) is 5.52 Å². The van der Waals surface area contributed by atoms with Gasteiger partial charge in [-0.25, -0.2) is 4.98 Å². The molecule has 1 aromatic heterocycles. The number of para-hydroxylation sites is 1. The van der Waals surface area contributed by atoms with Crippen molar-refractivity contribution in [1.82, 2.24) is 9.88 Å². The molecule has 0 saturated carbocycles. The van der Waals surface area contributed by atoms with Crippen LogP contribution in [0.15, 0.2) is 34.8 Å². The lowest BCUT2D eigenvalue weighted by Crippen LogP contribution is -2.44. The van der Waals surface area contributed by atoms with Crippen molar-refractivity contribution < 1.29 is 4.79 Å². The molecule has 0 atom stereocenters. The van der Waals surface area contributed by atoms with E-state index in [0.29, 0.717) is 11.9 Å². The zero-order valence-corrected chi connectivity index (χ0v) is 16.6. The average Bonchev–Trinajstić information content (AvgIpc) is 2.64. The first-order valence-corrected chi connectivity index (χ1v) is 10.0. The number of aromatic nitrogens is 1. The maximum Gasteiger partial charge on any atom is 0.225 e. The van der Waals surface area contributed by atoms with Gasteiger partial charge in [0.2, 0.25) is 5.91 Å². The summed E-state index contributed by atoms with van der Waals surface area (Å²) in [5, 5.41) is 4.68. The predicted molar refractivity (Wildman–Crippen MR) is 107 cm³/mol. The summed E-state index contributed by atoms with van der Waals surface area (Å²) in [5.74, 6) is 1.42. The Hall–Kier alpha value is -1.62. The van der Waals surface area contributed by atoms with Gasteiger partial charge in [-0.1, -0.05) is 26.0 Å². The summed E-state index contributed by atoms with van der Waals surface area (Å²) >= 11 is 3.57. The molecule has 1 saturated heterocycles. The molecule has 5 heteroatoms. The highest BCUT2D eigenvalue weighted by Gasteiger charge is 2.26. The fourth-order valence-corrected chi connectivity index (χ4v) is 4.01. The second-order valence-electron chi connectivity index (χ2n) is 6.77. The van der Waals surface area contributed by atoms with Crippen LogP contribution in [0.1, 0.15) is 39.5 Å².